The fourth-order valence-corrected chi connectivity index (χ4v) is 1.93. The van der Waals surface area contributed by atoms with E-state index in [1.54, 1.807) is 0 Å². The van der Waals surface area contributed by atoms with Crippen LogP contribution in [0.2, 0.25) is 0 Å². The van der Waals surface area contributed by atoms with Gasteiger partial charge in [0, 0.05) is 10.4 Å². The van der Waals surface area contributed by atoms with E-state index in [0.29, 0.717) is 0 Å². The zero-order valence-corrected chi connectivity index (χ0v) is 15.5. The van der Waals surface area contributed by atoms with Crippen molar-refractivity contribution in [3.8, 4) is 0 Å². The van der Waals surface area contributed by atoms with Crippen molar-refractivity contribution >= 4 is 16.4 Å². The molecule has 9 heteroatoms. The van der Waals surface area contributed by atoms with E-state index in [1.807, 2.05) is 0 Å². The molecular weight excluding hydrogens is 369 g/mol. The van der Waals surface area contributed by atoms with Crippen LogP contribution < -0.4 is 5.32 Å². The SMILES string of the molecule is CCCCCCCCCCCCNCC(=O)O.O=S(=O)([O-])[O-].[Ni+2]. The first kappa shape index (κ1) is 27.6. The molecule has 0 rings (SSSR count). The summed E-state index contributed by atoms with van der Waals surface area (Å²) in [6, 6.07) is 0. The normalized spacial score (nSPS) is 10.4. The number of carboxylic acids is 1. The molecule has 0 spiro atoms. The smallest absolute Gasteiger partial charge is 0.759 e. The molecule has 0 aliphatic rings. The van der Waals surface area contributed by atoms with Gasteiger partial charge in [-0.05, 0) is 13.0 Å². The van der Waals surface area contributed by atoms with Gasteiger partial charge in [0.25, 0.3) is 0 Å². The van der Waals surface area contributed by atoms with E-state index in [0.717, 1.165) is 13.0 Å². The fraction of sp³-hybridized carbons (Fsp3) is 0.929. The van der Waals surface area contributed by atoms with Gasteiger partial charge in [0.15, 0.2) is 0 Å². The van der Waals surface area contributed by atoms with Gasteiger partial charge in [-0.2, -0.15) is 0 Å². The molecule has 2 N–H and O–H groups in total. The van der Waals surface area contributed by atoms with Crippen LogP contribution in [0, 0.1) is 0 Å². The fourth-order valence-electron chi connectivity index (χ4n) is 1.93. The van der Waals surface area contributed by atoms with Gasteiger partial charge in [-0.3, -0.25) is 13.2 Å². The van der Waals surface area contributed by atoms with Crippen LogP contribution in [0.4, 0.5) is 0 Å². The zero-order chi connectivity index (χ0) is 17.3. The summed E-state index contributed by atoms with van der Waals surface area (Å²) in [7, 11) is -5.17. The first-order valence-corrected chi connectivity index (χ1v) is 9.20. The molecule has 0 heterocycles. The molecule has 0 bridgehead atoms. The summed E-state index contributed by atoms with van der Waals surface area (Å²) in [6.45, 7) is 3.18. The molecule has 0 aliphatic heterocycles. The third-order valence-corrected chi connectivity index (χ3v) is 2.98. The van der Waals surface area contributed by atoms with Crippen molar-refractivity contribution in [2.45, 2.75) is 71.1 Å². The molecule has 0 fully saturated rings. The number of hydrogen-bond donors (Lipinski definition) is 2. The second-order valence-corrected chi connectivity index (χ2v) is 5.98. The third kappa shape index (κ3) is 44.9. The third-order valence-electron chi connectivity index (χ3n) is 2.98. The maximum absolute atomic E-state index is 10.2. The standard InChI is InChI=1S/C14H29NO2.Ni.H2O4S/c1-2-3-4-5-6-7-8-9-10-11-12-15-13-14(16)17;;1-5(2,3)4/h15H,2-13H2,1H3,(H,16,17);;(H2,1,2,3,4)/q;+2;/p-2. The molecule has 7 nitrogen and oxygen atoms in total. The van der Waals surface area contributed by atoms with Crippen molar-refractivity contribution < 1.29 is 43.9 Å². The number of rotatable bonds is 13. The summed E-state index contributed by atoms with van der Waals surface area (Å²) in [6.07, 6.45) is 13.2. The van der Waals surface area contributed by atoms with Gasteiger partial charge >= 0.3 is 22.5 Å². The van der Waals surface area contributed by atoms with Crippen molar-refractivity contribution in [3.05, 3.63) is 0 Å². The Hall–Kier alpha value is -0.206. The van der Waals surface area contributed by atoms with Crippen LogP contribution in [-0.4, -0.2) is 41.7 Å². The van der Waals surface area contributed by atoms with Crippen LogP contribution >= 0.6 is 0 Å². The average Bonchev–Trinajstić information content (AvgIpc) is 2.38. The molecule has 0 aromatic carbocycles. The summed E-state index contributed by atoms with van der Waals surface area (Å²) < 4.78 is 34.1. The molecule has 0 atom stereocenters. The van der Waals surface area contributed by atoms with Crippen molar-refractivity contribution in [1.82, 2.24) is 5.32 Å². The molecule has 0 saturated carbocycles. The van der Waals surface area contributed by atoms with Gasteiger partial charge in [0.2, 0.25) is 0 Å². The van der Waals surface area contributed by atoms with Crippen LogP contribution in [0.15, 0.2) is 0 Å². The minimum absolute atomic E-state index is 0. The summed E-state index contributed by atoms with van der Waals surface area (Å²) in [4.78, 5) is 10.2. The van der Waals surface area contributed by atoms with Gasteiger partial charge < -0.3 is 19.5 Å². The zero-order valence-electron chi connectivity index (χ0n) is 13.7. The van der Waals surface area contributed by atoms with Crippen LogP contribution in [0.3, 0.4) is 0 Å². The van der Waals surface area contributed by atoms with E-state index in [4.69, 9.17) is 22.6 Å². The molecule has 23 heavy (non-hydrogen) atoms. The van der Waals surface area contributed by atoms with Crippen LogP contribution in [0.1, 0.15) is 71.1 Å². The number of nitrogens with one attached hydrogen (secondary N) is 1. The maximum Gasteiger partial charge on any atom is 2.00 e. The van der Waals surface area contributed by atoms with Gasteiger partial charge in [-0.1, -0.05) is 64.7 Å². The Morgan fingerprint density at radius 2 is 1.26 bits per heavy atom. The Kier molecular flexibility index (Phi) is 23.8. The maximum atomic E-state index is 10.2. The Labute approximate surface area is 150 Å². The van der Waals surface area contributed by atoms with Crippen molar-refractivity contribution in [3.63, 3.8) is 0 Å². The predicted molar refractivity (Wildman–Crippen MR) is 82.8 cm³/mol. The van der Waals surface area contributed by atoms with E-state index in [1.165, 1.54) is 57.8 Å². The molecule has 0 unspecified atom stereocenters. The summed E-state index contributed by atoms with van der Waals surface area (Å²) in [5, 5.41) is 11.3. The number of aliphatic carboxylic acids is 1. The molecule has 0 aliphatic carbocycles. The predicted octanol–water partition coefficient (Wildman–Crippen LogP) is 2.24. The topological polar surface area (TPSA) is 130 Å². The van der Waals surface area contributed by atoms with Gasteiger partial charge in [-0.15, -0.1) is 0 Å². The molecule has 0 aromatic heterocycles. The van der Waals surface area contributed by atoms with Crippen LogP contribution in [-0.2, 0) is 31.7 Å². The Bertz CT molecular complexity index is 343. The number of carboxylic acid groups (broad SMARTS) is 1. The van der Waals surface area contributed by atoms with Crippen molar-refractivity contribution in [1.29, 1.82) is 0 Å². The first-order valence-electron chi connectivity index (χ1n) is 7.86. The Morgan fingerprint density at radius 3 is 1.61 bits per heavy atom. The van der Waals surface area contributed by atoms with Gasteiger partial charge in [0.1, 0.15) is 0 Å². The van der Waals surface area contributed by atoms with Crippen molar-refractivity contribution in [2.24, 2.45) is 0 Å². The quantitative estimate of drug-likeness (QED) is 0.211. The molecule has 0 aromatic rings. The molecule has 0 radical (unpaired) electrons. The monoisotopic (exact) mass is 397 g/mol. The van der Waals surface area contributed by atoms with Gasteiger partial charge in [0.05, 0.1) is 6.54 Å². The number of carbonyl (C=O) groups is 1. The number of hydrogen-bond acceptors (Lipinski definition) is 6. The van der Waals surface area contributed by atoms with E-state index in [9.17, 15) is 4.79 Å². The largest absolute Gasteiger partial charge is 2.00 e. The summed E-state index contributed by atoms with van der Waals surface area (Å²) >= 11 is 0. The van der Waals surface area contributed by atoms with E-state index in [2.05, 4.69) is 12.2 Å². The Morgan fingerprint density at radius 1 is 0.913 bits per heavy atom. The van der Waals surface area contributed by atoms with E-state index in [-0.39, 0.29) is 23.0 Å². The molecule has 142 valence electrons. The molecular formula is C14H29NNiO6S. The average molecular weight is 398 g/mol. The van der Waals surface area contributed by atoms with Crippen LogP contribution in [0.25, 0.3) is 0 Å². The van der Waals surface area contributed by atoms with E-state index >= 15 is 0 Å². The summed E-state index contributed by atoms with van der Waals surface area (Å²) in [5.74, 6) is -0.767. The van der Waals surface area contributed by atoms with Crippen LogP contribution in [0.5, 0.6) is 0 Å². The molecule has 0 amide bonds. The second kappa shape index (κ2) is 19.8. The van der Waals surface area contributed by atoms with Crippen molar-refractivity contribution in [2.75, 3.05) is 13.1 Å². The van der Waals surface area contributed by atoms with Gasteiger partial charge in [-0.25, -0.2) is 0 Å². The minimum Gasteiger partial charge on any atom is -0.759 e. The Balaban J connectivity index is -0.000000578. The first-order chi connectivity index (χ1) is 10.3. The number of unbranched alkanes of at least 4 members (excludes halogenated alkanes) is 9. The molecule has 0 saturated heterocycles. The second-order valence-electron chi connectivity index (χ2n) is 5.16. The summed E-state index contributed by atoms with van der Waals surface area (Å²) in [5.41, 5.74) is 0. The minimum atomic E-state index is -5.17. The van der Waals surface area contributed by atoms with E-state index < -0.39 is 16.4 Å².